The maximum atomic E-state index is 12.2. The van der Waals surface area contributed by atoms with Crippen molar-refractivity contribution in [2.24, 2.45) is 0 Å². The topological polar surface area (TPSA) is 68.3 Å². The zero-order valence-electron chi connectivity index (χ0n) is 11.0. The van der Waals surface area contributed by atoms with Gasteiger partial charge in [-0.1, -0.05) is 18.2 Å². The van der Waals surface area contributed by atoms with Gasteiger partial charge in [0.2, 0.25) is 0 Å². The first-order valence-corrected chi connectivity index (χ1v) is 7.76. The normalized spacial score (nSPS) is 10.5. The first-order chi connectivity index (χ1) is 10.2. The van der Waals surface area contributed by atoms with Crippen molar-refractivity contribution in [3.63, 3.8) is 0 Å². The number of methoxy groups -OCH3 is 1. The van der Waals surface area contributed by atoms with E-state index in [-0.39, 0.29) is 5.91 Å². The highest BCUT2D eigenvalue weighted by Gasteiger charge is 2.21. The number of carbonyl (C=O) groups excluding carboxylic acids is 2. The van der Waals surface area contributed by atoms with Gasteiger partial charge < -0.3 is 10.1 Å². The van der Waals surface area contributed by atoms with Crippen molar-refractivity contribution in [1.82, 2.24) is 4.98 Å². The minimum atomic E-state index is -0.468. The summed E-state index contributed by atoms with van der Waals surface area (Å²) in [6, 6.07) is 7.49. The summed E-state index contributed by atoms with van der Waals surface area (Å²) in [5.74, 6) is -0.810. The largest absolute Gasteiger partial charge is 0.465 e. The number of nitrogens with one attached hydrogen (secondary N) is 1. The Hall–Kier alpha value is -2.25. The van der Waals surface area contributed by atoms with Gasteiger partial charge in [0.1, 0.15) is 10.6 Å². The average molecular weight is 318 g/mol. The molecule has 1 aromatic carbocycles. The van der Waals surface area contributed by atoms with Crippen LogP contribution >= 0.6 is 22.7 Å². The number of hydrogen-bond acceptors (Lipinski definition) is 6. The highest BCUT2D eigenvalue weighted by atomic mass is 32.1. The van der Waals surface area contributed by atoms with Gasteiger partial charge in [-0.25, -0.2) is 9.78 Å². The van der Waals surface area contributed by atoms with E-state index in [0.29, 0.717) is 16.3 Å². The Bertz CT molecular complexity index is 809. The molecular weight excluding hydrogens is 308 g/mol. The van der Waals surface area contributed by atoms with Gasteiger partial charge in [-0.05, 0) is 6.07 Å². The van der Waals surface area contributed by atoms with Gasteiger partial charge in [-0.15, -0.1) is 22.7 Å². The molecule has 0 unspecified atom stereocenters. The Morgan fingerprint density at radius 2 is 2.10 bits per heavy atom. The SMILES string of the molecule is COC(=O)c1sc2ccccc2c1NC(=O)c1cscn1. The molecule has 0 spiro atoms. The fourth-order valence-corrected chi connectivity index (χ4v) is 3.52. The van der Waals surface area contributed by atoms with Crippen molar-refractivity contribution in [1.29, 1.82) is 0 Å². The summed E-state index contributed by atoms with van der Waals surface area (Å²) in [4.78, 5) is 28.4. The molecule has 2 heterocycles. The van der Waals surface area contributed by atoms with E-state index in [1.807, 2.05) is 24.3 Å². The first-order valence-electron chi connectivity index (χ1n) is 6.00. The predicted molar refractivity (Wildman–Crippen MR) is 83.2 cm³/mol. The number of anilines is 1. The number of ether oxygens (including phenoxy) is 1. The van der Waals surface area contributed by atoms with E-state index in [1.54, 1.807) is 10.9 Å². The number of rotatable bonds is 3. The van der Waals surface area contributed by atoms with E-state index in [2.05, 4.69) is 10.3 Å². The number of carbonyl (C=O) groups is 2. The molecule has 1 amide bonds. The van der Waals surface area contributed by atoms with Crippen molar-refractivity contribution in [2.75, 3.05) is 12.4 Å². The fraction of sp³-hybridized carbons (Fsp3) is 0.0714. The molecule has 0 saturated carbocycles. The van der Waals surface area contributed by atoms with E-state index in [9.17, 15) is 9.59 Å². The summed E-state index contributed by atoms with van der Waals surface area (Å²) < 4.78 is 5.69. The molecule has 3 aromatic rings. The molecule has 7 heteroatoms. The molecule has 0 fully saturated rings. The van der Waals surface area contributed by atoms with Crippen molar-refractivity contribution in [2.45, 2.75) is 0 Å². The number of thiophene rings is 1. The fourth-order valence-electron chi connectivity index (χ4n) is 1.91. The zero-order valence-corrected chi connectivity index (χ0v) is 12.6. The van der Waals surface area contributed by atoms with Crippen molar-refractivity contribution < 1.29 is 14.3 Å². The molecule has 1 N–H and O–H groups in total. The van der Waals surface area contributed by atoms with Gasteiger partial charge in [-0.3, -0.25) is 4.79 Å². The molecule has 5 nitrogen and oxygen atoms in total. The number of fused-ring (bicyclic) bond motifs is 1. The van der Waals surface area contributed by atoms with Crippen LogP contribution in [-0.2, 0) is 4.74 Å². The van der Waals surface area contributed by atoms with Crippen LogP contribution < -0.4 is 5.32 Å². The number of aromatic nitrogens is 1. The molecule has 106 valence electrons. The molecular formula is C14H10N2O3S2. The molecule has 0 aliphatic heterocycles. The Labute approximate surface area is 128 Å². The van der Waals surface area contributed by atoms with Crippen LogP contribution in [0.3, 0.4) is 0 Å². The Balaban J connectivity index is 2.07. The minimum absolute atomic E-state index is 0.325. The lowest BCUT2D eigenvalue weighted by molar-refractivity contribution is 0.0607. The third-order valence-electron chi connectivity index (χ3n) is 2.87. The minimum Gasteiger partial charge on any atom is -0.465 e. The number of thiazole rings is 1. The van der Waals surface area contributed by atoms with Crippen LogP contribution in [0.25, 0.3) is 10.1 Å². The summed E-state index contributed by atoms with van der Waals surface area (Å²) in [6.45, 7) is 0. The van der Waals surface area contributed by atoms with Crippen LogP contribution in [-0.4, -0.2) is 24.0 Å². The lowest BCUT2D eigenvalue weighted by Gasteiger charge is -2.05. The molecule has 2 aromatic heterocycles. The number of esters is 1. The lowest BCUT2D eigenvalue weighted by Crippen LogP contribution is -2.14. The molecule has 3 rings (SSSR count). The number of hydrogen-bond donors (Lipinski definition) is 1. The van der Waals surface area contributed by atoms with Gasteiger partial charge in [0.15, 0.2) is 0 Å². The monoisotopic (exact) mass is 318 g/mol. The van der Waals surface area contributed by atoms with Crippen molar-refractivity contribution in [3.8, 4) is 0 Å². The Morgan fingerprint density at radius 3 is 2.81 bits per heavy atom. The molecule has 0 radical (unpaired) electrons. The lowest BCUT2D eigenvalue weighted by atomic mass is 10.2. The molecule has 0 saturated heterocycles. The van der Waals surface area contributed by atoms with Crippen molar-refractivity contribution in [3.05, 3.63) is 45.7 Å². The predicted octanol–water partition coefficient (Wildman–Crippen LogP) is 3.40. The van der Waals surface area contributed by atoms with Crippen LogP contribution in [0.1, 0.15) is 20.2 Å². The van der Waals surface area contributed by atoms with Crippen molar-refractivity contribution >= 4 is 50.3 Å². The second-order valence-corrected chi connectivity index (χ2v) is 5.89. The van der Waals surface area contributed by atoms with E-state index in [1.165, 1.54) is 29.8 Å². The zero-order chi connectivity index (χ0) is 14.8. The molecule has 0 aliphatic carbocycles. The van der Waals surface area contributed by atoms with Gasteiger partial charge >= 0.3 is 5.97 Å². The van der Waals surface area contributed by atoms with E-state index in [4.69, 9.17) is 4.74 Å². The molecule has 21 heavy (non-hydrogen) atoms. The van der Waals surface area contributed by atoms with Crippen LogP contribution in [0.15, 0.2) is 35.2 Å². The highest BCUT2D eigenvalue weighted by molar-refractivity contribution is 7.21. The number of benzene rings is 1. The maximum Gasteiger partial charge on any atom is 0.350 e. The Morgan fingerprint density at radius 1 is 1.29 bits per heavy atom. The van der Waals surface area contributed by atoms with E-state index < -0.39 is 5.97 Å². The summed E-state index contributed by atoms with van der Waals surface area (Å²) >= 11 is 2.63. The van der Waals surface area contributed by atoms with Gasteiger partial charge in [0.25, 0.3) is 5.91 Å². The maximum absolute atomic E-state index is 12.2. The number of nitrogens with zero attached hydrogens (tertiary/aromatic N) is 1. The standard InChI is InChI=1S/C14H10N2O3S2/c1-19-14(18)12-11(8-4-2-3-5-10(8)21-12)16-13(17)9-6-20-7-15-9/h2-7H,1H3,(H,16,17). The van der Waals surface area contributed by atoms with Crippen LogP contribution in [0.4, 0.5) is 5.69 Å². The molecule has 0 atom stereocenters. The molecule has 0 aliphatic rings. The first kappa shape index (κ1) is 13.7. The summed E-state index contributed by atoms with van der Waals surface area (Å²) in [6.07, 6.45) is 0. The van der Waals surface area contributed by atoms with Crippen LogP contribution in [0.5, 0.6) is 0 Å². The van der Waals surface area contributed by atoms with E-state index >= 15 is 0 Å². The summed E-state index contributed by atoms with van der Waals surface area (Å²) in [5.41, 5.74) is 2.38. The number of amides is 1. The average Bonchev–Trinajstić information content (AvgIpc) is 3.15. The van der Waals surface area contributed by atoms with Gasteiger partial charge in [-0.2, -0.15) is 0 Å². The quantitative estimate of drug-likeness (QED) is 0.752. The summed E-state index contributed by atoms with van der Waals surface area (Å²) in [7, 11) is 1.32. The third-order valence-corrected chi connectivity index (χ3v) is 4.61. The summed E-state index contributed by atoms with van der Waals surface area (Å²) in [5, 5.41) is 5.23. The van der Waals surface area contributed by atoms with Gasteiger partial charge in [0.05, 0.1) is 18.3 Å². The second-order valence-electron chi connectivity index (χ2n) is 4.12. The van der Waals surface area contributed by atoms with Crippen LogP contribution in [0, 0.1) is 0 Å². The van der Waals surface area contributed by atoms with E-state index in [0.717, 1.165) is 10.1 Å². The van der Waals surface area contributed by atoms with Crippen LogP contribution in [0.2, 0.25) is 0 Å². The third kappa shape index (κ3) is 2.53. The molecule has 0 bridgehead atoms. The van der Waals surface area contributed by atoms with Gasteiger partial charge in [0, 0.05) is 15.5 Å². The smallest absolute Gasteiger partial charge is 0.350 e. The Kier molecular flexibility index (Phi) is 3.68. The second kappa shape index (κ2) is 5.63. The highest BCUT2D eigenvalue weighted by Crippen LogP contribution is 2.36.